The van der Waals surface area contributed by atoms with Crippen LogP contribution in [0.3, 0.4) is 0 Å². The first-order valence-electron chi connectivity index (χ1n) is 11.7. The molecule has 0 radical (unpaired) electrons. The molecule has 0 unspecified atom stereocenters. The molecule has 1 amide bonds. The SMILES string of the molecule is COc1cc(CN[C@H](Cc2c[nH]c3ccccc23)C(=O)O)cc(Cl)c1OCC(=O)Nc1ccc(C)cc1. The lowest BCUT2D eigenvalue weighted by Crippen LogP contribution is -2.38. The highest BCUT2D eigenvalue weighted by Gasteiger charge is 2.20. The number of carboxylic acids is 1. The molecule has 0 saturated heterocycles. The number of hydrogen-bond donors (Lipinski definition) is 4. The number of halogens is 1. The number of aromatic nitrogens is 1. The van der Waals surface area contributed by atoms with Gasteiger partial charge in [0.25, 0.3) is 5.91 Å². The first-order valence-corrected chi connectivity index (χ1v) is 12.1. The zero-order chi connectivity index (χ0) is 26.4. The maximum Gasteiger partial charge on any atom is 0.321 e. The van der Waals surface area contributed by atoms with E-state index in [1.807, 2.05) is 61.7 Å². The van der Waals surface area contributed by atoms with Crippen LogP contribution in [0.25, 0.3) is 10.9 Å². The van der Waals surface area contributed by atoms with Gasteiger partial charge in [-0.05, 0) is 48.4 Å². The highest BCUT2D eigenvalue weighted by atomic mass is 35.5. The number of para-hydroxylation sites is 1. The van der Waals surface area contributed by atoms with E-state index >= 15 is 0 Å². The Labute approximate surface area is 219 Å². The number of carbonyl (C=O) groups excluding carboxylic acids is 1. The van der Waals surface area contributed by atoms with Gasteiger partial charge in [-0.1, -0.05) is 47.5 Å². The van der Waals surface area contributed by atoms with E-state index in [-0.39, 0.29) is 29.8 Å². The molecular formula is C28H28ClN3O5. The van der Waals surface area contributed by atoms with Crippen LogP contribution in [0.4, 0.5) is 5.69 Å². The molecule has 192 valence electrons. The number of aliphatic carboxylic acids is 1. The van der Waals surface area contributed by atoms with E-state index in [1.165, 1.54) is 7.11 Å². The summed E-state index contributed by atoms with van der Waals surface area (Å²) in [5.41, 5.74) is 4.34. The predicted octanol–water partition coefficient (Wildman–Crippen LogP) is 4.94. The number of fused-ring (bicyclic) bond motifs is 1. The van der Waals surface area contributed by atoms with E-state index in [1.54, 1.807) is 12.1 Å². The number of ether oxygens (including phenoxy) is 2. The van der Waals surface area contributed by atoms with Gasteiger partial charge in [-0.15, -0.1) is 0 Å². The zero-order valence-electron chi connectivity index (χ0n) is 20.5. The summed E-state index contributed by atoms with van der Waals surface area (Å²) in [6, 6.07) is 17.7. The summed E-state index contributed by atoms with van der Waals surface area (Å²) < 4.78 is 11.1. The van der Waals surface area contributed by atoms with E-state index in [4.69, 9.17) is 21.1 Å². The number of hydrogen-bond acceptors (Lipinski definition) is 5. The number of anilines is 1. The number of amides is 1. The smallest absolute Gasteiger partial charge is 0.321 e. The first-order chi connectivity index (χ1) is 17.8. The van der Waals surface area contributed by atoms with Crippen molar-refractivity contribution in [1.29, 1.82) is 0 Å². The van der Waals surface area contributed by atoms with Crippen LogP contribution < -0.4 is 20.1 Å². The minimum Gasteiger partial charge on any atom is -0.493 e. The van der Waals surface area contributed by atoms with Gasteiger partial charge in [0.05, 0.1) is 12.1 Å². The van der Waals surface area contributed by atoms with Crippen LogP contribution in [-0.4, -0.2) is 41.7 Å². The quantitative estimate of drug-likeness (QED) is 0.222. The van der Waals surface area contributed by atoms with E-state index in [0.717, 1.165) is 22.0 Å². The van der Waals surface area contributed by atoms with Gasteiger partial charge >= 0.3 is 5.97 Å². The standard InChI is InChI=1S/C28H28ClN3O5/c1-17-7-9-20(10-8-17)32-26(33)16-37-27-22(29)11-18(12-25(27)36-2)14-30-24(28(34)35)13-19-15-31-23-6-4-3-5-21(19)23/h3-12,15,24,30-31H,13-14,16H2,1-2H3,(H,32,33)(H,34,35)/t24-/m1/s1. The molecule has 0 spiro atoms. The number of aromatic amines is 1. The average Bonchev–Trinajstić information content (AvgIpc) is 3.29. The zero-order valence-corrected chi connectivity index (χ0v) is 21.3. The molecule has 1 heterocycles. The number of benzene rings is 3. The summed E-state index contributed by atoms with van der Waals surface area (Å²) in [6.45, 7) is 1.95. The Morgan fingerprint density at radius 1 is 1.11 bits per heavy atom. The number of rotatable bonds is 11. The van der Waals surface area contributed by atoms with Gasteiger partial charge in [-0.25, -0.2) is 0 Å². The van der Waals surface area contributed by atoms with E-state index < -0.39 is 12.0 Å². The summed E-state index contributed by atoms with van der Waals surface area (Å²) in [4.78, 5) is 27.4. The Morgan fingerprint density at radius 3 is 2.59 bits per heavy atom. The number of carboxylic acid groups (broad SMARTS) is 1. The van der Waals surface area contributed by atoms with Crippen molar-refractivity contribution in [1.82, 2.24) is 10.3 Å². The second-order valence-corrected chi connectivity index (χ2v) is 9.05. The highest BCUT2D eigenvalue weighted by Crippen LogP contribution is 2.36. The van der Waals surface area contributed by atoms with Crippen LogP contribution in [0, 0.1) is 6.92 Å². The molecule has 0 saturated carbocycles. The Hall–Kier alpha value is -4.01. The number of carbonyl (C=O) groups is 2. The minimum absolute atomic E-state index is 0.237. The van der Waals surface area contributed by atoms with Crippen molar-refractivity contribution < 1.29 is 24.2 Å². The molecule has 8 nitrogen and oxygen atoms in total. The Morgan fingerprint density at radius 2 is 1.86 bits per heavy atom. The minimum atomic E-state index is -0.956. The predicted molar refractivity (Wildman–Crippen MR) is 144 cm³/mol. The molecule has 4 aromatic rings. The largest absolute Gasteiger partial charge is 0.493 e. The second-order valence-electron chi connectivity index (χ2n) is 8.65. The molecule has 9 heteroatoms. The summed E-state index contributed by atoms with van der Waals surface area (Å²) in [6.07, 6.45) is 2.14. The third-order valence-electron chi connectivity index (χ3n) is 5.92. The van der Waals surface area contributed by atoms with Crippen LogP contribution in [-0.2, 0) is 22.6 Å². The van der Waals surface area contributed by atoms with Gasteiger partial charge in [0.15, 0.2) is 18.1 Å². The van der Waals surface area contributed by atoms with Gasteiger partial charge in [0, 0.05) is 35.8 Å². The van der Waals surface area contributed by atoms with Crippen molar-refractivity contribution in [2.45, 2.75) is 25.9 Å². The molecule has 0 fully saturated rings. The molecule has 0 bridgehead atoms. The number of nitrogens with one attached hydrogen (secondary N) is 3. The lowest BCUT2D eigenvalue weighted by Gasteiger charge is -2.17. The van der Waals surface area contributed by atoms with Crippen molar-refractivity contribution in [3.05, 3.63) is 88.6 Å². The van der Waals surface area contributed by atoms with Gasteiger partial charge in [-0.3, -0.25) is 9.59 Å². The topological polar surface area (TPSA) is 113 Å². The summed E-state index contributed by atoms with van der Waals surface area (Å²) in [5.74, 6) is -0.714. The lowest BCUT2D eigenvalue weighted by molar-refractivity contribution is -0.139. The van der Waals surface area contributed by atoms with Gasteiger partial charge in [0.1, 0.15) is 6.04 Å². The Kier molecular flexibility index (Phi) is 8.32. The van der Waals surface area contributed by atoms with Crippen molar-refractivity contribution in [2.24, 2.45) is 0 Å². The van der Waals surface area contributed by atoms with Gasteiger partial charge in [0.2, 0.25) is 0 Å². The van der Waals surface area contributed by atoms with E-state index in [2.05, 4.69) is 15.6 Å². The third-order valence-corrected chi connectivity index (χ3v) is 6.20. The molecule has 1 atom stereocenters. The first kappa shape index (κ1) is 26.1. The van der Waals surface area contributed by atoms with Gasteiger partial charge < -0.3 is 30.2 Å². The average molecular weight is 522 g/mol. The van der Waals surface area contributed by atoms with Crippen LogP contribution in [0.5, 0.6) is 11.5 Å². The molecule has 0 aliphatic heterocycles. The van der Waals surface area contributed by atoms with Crippen LogP contribution in [0.2, 0.25) is 5.02 Å². The highest BCUT2D eigenvalue weighted by molar-refractivity contribution is 6.32. The fourth-order valence-electron chi connectivity index (χ4n) is 4.00. The van der Waals surface area contributed by atoms with Crippen molar-refractivity contribution in [3.8, 4) is 11.5 Å². The molecule has 4 N–H and O–H groups in total. The molecule has 0 aliphatic rings. The molecule has 4 rings (SSSR count). The summed E-state index contributed by atoms with van der Waals surface area (Å²) in [5, 5.41) is 16.9. The Bertz CT molecular complexity index is 1400. The maximum absolute atomic E-state index is 12.3. The molecule has 37 heavy (non-hydrogen) atoms. The van der Waals surface area contributed by atoms with Crippen molar-refractivity contribution in [3.63, 3.8) is 0 Å². The van der Waals surface area contributed by atoms with E-state index in [9.17, 15) is 14.7 Å². The molecule has 3 aromatic carbocycles. The Balaban J connectivity index is 1.39. The normalized spacial score (nSPS) is 11.8. The number of methoxy groups -OCH3 is 1. The summed E-state index contributed by atoms with van der Waals surface area (Å²) in [7, 11) is 1.47. The number of H-pyrrole nitrogens is 1. The summed E-state index contributed by atoms with van der Waals surface area (Å²) >= 11 is 6.45. The molecule has 1 aromatic heterocycles. The number of aryl methyl sites for hydroxylation is 1. The van der Waals surface area contributed by atoms with E-state index in [0.29, 0.717) is 23.4 Å². The maximum atomic E-state index is 12.3. The van der Waals surface area contributed by atoms with Crippen LogP contribution >= 0.6 is 11.6 Å². The molecule has 0 aliphatic carbocycles. The van der Waals surface area contributed by atoms with Gasteiger partial charge in [-0.2, -0.15) is 0 Å². The van der Waals surface area contributed by atoms with Crippen molar-refractivity contribution in [2.75, 3.05) is 19.0 Å². The second kappa shape index (κ2) is 11.8. The lowest BCUT2D eigenvalue weighted by atomic mass is 10.0. The van der Waals surface area contributed by atoms with Crippen LogP contribution in [0.15, 0.2) is 66.9 Å². The fraction of sp³-hybridized carbons (Fsp3) is 0.214. The van der Waals surface area contributed by atoms with Crippen molar-refractivity contribution >= 4 is 40.1 Å². The monoisotopic (exact) mass is 521 g/mol. The van der Waals surface area contributed by atoms with Crippen LogP contribution in [0.1, 0.15) is 16.7 Å². The molecular weight excluding hydrogens is 494 g/mol. The third kappa shape index (κ3) is 6.61. The fourth-order valence-corrected chi connectivity index (χ4v) is 4.28.